The standard InChI is InChI=1S/C18H23F3N4O3S.HI/c1-5-22-17(24-9-14-25-13(10-29-14)18(19,20)21)23-8-11-6-7-12(26-2)16(28-4)15(11)27-3;/h6-7,10H,5,8-9H2,1-4H3,(H2,22,23,24);1H. The Morgan fingerprint density at radius 3 is 2.33 bits per heavy atom. The van der Waals surface area contributed by atoms with Gasteiger partial charge in [0.15, 0.2) is 23.2 Å². The lowest BCUT2D eigenvalue weighted by Crippen LogP contribution is -2.36. The second-order valence-corrected chi connectivity index (χ2v) is 6.61. The zero-order valence-electron chi connectivity index (χ0n) is 16.9. The van der Waals surface area contributed by atoms with Crippen molar-refractivity contribution >= 4 is 41.3 Å². The molecule has 0 amide bonds. The van der Waals surface area contributed by atoms with Crippen LogP contribution in [0.4, 0.5) is 13.2 Å². The quantitative estimate of drug-likeness (QED) is 0.288. The van der Waals surface area contributed by atoms with Crippen LogP contribution in [0.3, 0.4) is 0 Å². The first kappa shape index (κ1) is 26.1. The number of ether oxygens (including phenoxy) is 3. The molecule has 7 nitrogen and oxygen atoms in total. The van der Waals surface area contributed by atoms with E-state index in [1.54, 1.807) is 6.07 Å². The van der Waals surface area contributed by atoms with Crippen molar-refractivity contribution in [2.24, 2.45) is 4.99 Å². The van der Waals surface area contributed by atoms with Crippen LogP contribution in [0, 0.1) is 0 Å². The van der Waals surface area contributed by atoms with E-state index >= 15 is 0 Å². The van der Waals surface area contributed by atoms with E-state index in [0.29, 0.717) is 34.8 Å². The number of benzene rings is 1. The lowest BCUT2D eigenvalue weighted by molar-refractivity contribution is -0.140. The van der Waals surface area contributed by atoms with Crippen molar-refractivity contribution in [1.82, 2.24) is 15.6 Å². The van der Waals surface area contributed by atoms with Gasteiger partial charge in [0.1, 0.15) is 5.01 Å². The molecule has 0 radical (unpaired) electrons. The molecule has 2 rings (SSSR count). The fraction of sp³-hybridized carbons (Fsp3) is 0.444. The van der Waals surface area contributed by atoms with Crippen LogP contribution in [0.15, 0.2) is 22.5 Å². The third-order valence-electron chi connectivity index (χ3n) is 3.79. The summed E-state index contributed by atoms with van der Waals surface area (Å²) >= 11 is 0.939. The number of aromatic nitrogens is 1. The minimum Gasteiger partial charge on any atom is -0.493 e. The Balaban J connectivity index is 0.00000450. The first-order valence-corrected chi connectivity index (χ1v) is 9.53. The molecule has 0 saturated carbocycles. The summed E-state index contributed by atoms with van der Waals surface area (Å²) in [6, 6.07) is 3.56. The Labute approximate surface area is 194 Å². The molecule has 0 fully saturated rings. The summed E-state index contributed by atoms with van der Waals surface area (Å²) in [7, 11) is 4.57. The molecule has 0 aliphatic rings. The molecule has 0 aliphatic carbocycles. The molecule has 0 saturated heterocycles. The van der Waals surface area contributed by atoms with E-state index in [2.05, 4.69) is 20.6 Å². The molecule has 0 spiro atoms. The smallest absolute Gasteiger partial charge is 0.434 e. The van der Waals surface area contributed by atoms with E-state index in [-0.39, 0.29) is 37.1 Å². The van der Waals surface area contributed by atoms with Crippen LogP contribution in [0.1, 0.15) is 23.2 Å². The summed E-state index contributed by atoms with van der Waals surface area (Å²) < 4.78 is 54.1. The van der Waals surface area contributed by atoms with Crippen LogP contribution in [-0.2, 0) is 19.3 Å². The minimum atomic E-state index is -4.45. The van der Waals surface area contributed by atoms with E-state index < -0.39 is 11.9 Å². The normalized spacial score (nSPS) is 11.5. The highest BCUT2D eigenvalue weighted by Crippen LogP contribution is 2.40. The van der Waals surface area contributed by atoms with Gasteiger partial charge in [0.2, 0.25) is 5.75 Å². The predicted molar refractivity (Wildman–Crippen MR) is 120 cm³/mol. The number of nitrogens with one attached hydrogen (secondary N) is 2. The molecule has 168 valence electrons. The first-order chi connectivity index (χ1) is 13.8. The summed E-state index contributed by atoms with van der Waals surface area (Å²) in [5.74, 6) is 1.93. The summed E-state index contributed by atoms with van der Waals surface area (Å²) in [6.45, 7) is 2.85. The van der Waals surface area contributed by atoms with Crippen molar-refractivity contribution in [3.8, 4) is 17.2 Å². The molecule has 0 atom stereocenters. The van der Waals surface area contributed by atoms with Crippen LogP contribution in [-0.4, -0.2) is 38.8 Å². The van der Waals surface area contributed by atoms with Gasteiger partial charge in [-0.25, -0.2) is 9.98 Å². The van der Waals surface area contributed by atoms with Gasteiger partial charge < -0.3 is 24.8 Å². The van der Waals surface area contributed by atoms with Gasteiger partial charge in [0.05, 0.1) is 34.4 Å². The van der Waals surface area contributed by atoms with E-state index in [9.17, 15) is 13.2 Å². The molecule has 2 N–H and O–H groups in total. The lowest BCUT2D eigenvalue weighted by atomic mass is 10.1. The second kappa shape index (κ2) is 12.0. The number of aliphatic imine (C=N–C) groups is 1. The molecule has 1 aromatic carbocycles. The highest BCUT2D eigenvalue weighted by Gasteiger charge is 2.33. The number of halogens is 4. The predicted octanol–water partition coefficient (Wildman–Crippen LogP) is 4.06. The third-order valence-corrected chi connectivity index (χ3v) is 4.64. The van der Waals surface area contributed by atoms with Gasteiger partial charge in [0, 0.05) is 17.5 Å². The third kappa shape index (κ3) is 6.79. The zero-order valence-corrected chi connectivity index (χ0v) is 20.1. The maximum atomic E-state index is 12.7. The van der Waals surface area contributed by atoms with Gasteiger partial charge >= 0.3 is 6.18 Å². The maximum Gasteiger partial charge on any atom is 0.434 e. The van der Waals surface area contributed by atoms with Crippen molar-refractivity contribution in [2.45, 2.75) is 26.2 Å². The average Bonchev–Trinajstić information content (AvgIpc) is 3.18. The number of methoxy groups -OCH3 is 3. The Morgan fingerprint density at radius 1 is 1.10 bits per heavy atom. The van der Waals surface area contributed by atoms with Gasteiger partial charge in [-0.15, -0.1) is 35.3 Å². The molecule has 1 aromatic heterocycles. The fourth-order valence-electron chi connectivity index (χ4n) is 2.48. The minimum absolute atomic E-state index is 0. The van der Waals surface area contributed by atoms with Crippen LogP contribution >= 0.6 is 35.3 Å². The van der Waals surface area contributed by atoms with Gasteiger partial charge in [0.25, 0.3) is 0 Å². The number of alkyl halides is 3. The molecule has 0 bridgehead atoms. The van der Waals surface area contributed by atoms with Crippen molar-refractivity contribution in [2.75, 3.05) is 27.9 Å². The zero-order chi connectivity index (χ0) is 21.4. The summed E-state index contributed by atoms with van der Waals surface area (Å²) in [6.07, 6.45) is -4.45. The molecule has 1 heterocycles. The Hall–Kier alpha value is -1.96. The summed E-state index contributed by atoms with van der Waals surface area (Å²) in [5.41, 5.74) is -0.132. The molecular weight excluding hydrogens is 536 g/mol. The van der Waals surface area contributed by atoms with E-state index in [4.69, 9.17) is 14.2 Å². The number of guanidine groups is 1. The number of rotatable bonds is 8. The molecule has 30 heavy (non-hydrogen) atoms. The van der Waals surface area contributed by atoms with Crippen LogP contribution < -0.4 is 24.8 Å². The van der Waals surface area contributed by atoms with E-state index in [1.165, 1.54) is 21.3 Å². The fourth-order valence-corrected chi connectivity index (χ4v) is 3.22. The van der Waals surface area contributed by atoms with E-state index in [1.807, 2.05) is 13.0 Å². The average molecular weight is 560 g/mol. The maximum absolute atomic E-state index is 12.7. The summed E-state index contributed by atoms with van der Waals surface area (Å²) in [5, 5.41) is 7.34. The van der Waals surface area contributed by atoms with Crippen LogP contribution in [0.5, 0.6) is 17.2 Å². The lowest BCUT2D eigenvalue weighted by Gasteiger charge is -2.15. The first-order valence-electron chi connectivity index (χ1n) is 8.65. The van der Waals surface area contributed by atoms with Crippen molar-refractivity contribution in [3.05, 3.63) is 33.8 Å². The number of hydrogen-bond donors (Lipinski definition) is 2. The number of thiazole rings is 1. The largest absolute Gasteiger partial charge is 0.493 e. The Bertz CT molecular complexity index is 847. The van der Waals surface area contributed by atoms with Gasteiger partial charge in [-0.2, -0.15) is 13.2 Å². The van der Waals surface area contributed by atoms with Crippen molar-refractivity contribution in [1.29, 1.82) is 0 Å². The second-order valence-electron chi connectivity index (χ2n) is 5.67. The van der Waals surface area contributed by atoms with E-state index in [0.717, 1.165) is 22.3 Å². The van der Waals surface area contributed by atoms with Gasteiger partial charge in [-0.3, -0.25) is 0 Å². The summed E-state index contributed by atoms with van der Waals surface area (Å²) in [4.78, 5) is 8.07. The van der Waals surface area contributed by atoms with Crippen molar-refractivity contribution < 1.29 is 27.4 Å². The number of nitrogens with zero attached hydrogens (tertiary/aromatic N) is 2. The Kier molecular flexibility index (Phi) is 10.5. The highest BCUT2D eigenvalue weighted by molar-refractivity contribution is 14.0. The Morgan fingerprint density at radius 2 is 1.80 bits per heavy atom. The highest BCUT2D eigenvalue weighted by atomic mass is 127. The molecule has 12 heteroatoms. The van der Waals surface area contributed by atoms with Crippen molar-refractivity contribution in [3.63, 3.8) is 0 Å². The molecular formula is C18H24F3IN4O3S. The monoisotopic (exact) mass is 560 g/mol. The molecule has 0 aliphatic heterocycles. The van der Waals surface area contributed by atoms with Crippen LogP contribution in [0.25, 0.3) is 0 Å². The molecule has 0 unspecified atom stereocenters. The van der Waals surface area contributed by atoms with Gasteiger partial charge in [-0.05, 0) is 19.1 Å². The SMILES string of the molecule is CCNC(=NCc1ccc(OC)c(OC)c1OC)NCc1nc(C(F)(F)F)cs1.I. The van der Waals surface area contributed by atoms with Gasteiger partial charge in [-0.1, -0.05) is 0 Å². The van der Waals surface area contributed by atoms with Crippen LogP contribution in [0.2, 0.25) is 0 Å². The topological polar surface area (TPSA) is 77.0 Å². The number of hydrogen-bond acceptors (Lipinski definition) is 6. The molecule has 2 aromatic rings.